The summed E-state index contributed by atoms with van der Waals surface area (Å²) in [6.45, 7) is 4.49. The molecule has 0 bridgehead atoms. The summed E-state index contributed by atoms with van der Waals surface area (Å²) in [4.78, 5) is 17.3. The molecule has 0 fully saturated rings. The SMILES string of the molecule is Cc1ccccc1C(CCCCCCCOP(=O)(O)O)c1ccccc1C. The van der Waals surface area contributed by atoms with Gasteiger partial charge in [0.1, 0.15) is 0 Å². The molecule has 0 aromatic heterocycles. The average Bonchev–Trinajstić information content (AvgIpc) is 2.61. The van der Waals surface area contributed by atoms with Crippen LogP contribution in [0.4, 0.5) is 0 Å². The van der Waals surface area contributed by atoms with Gasteiger partial charge in [-0.05, 0) is 48.9 Å². The second kappa shape index (κ2) is 10.8. The van der Waals surface area contributed by atoms with E-state index in [1.807, 2.05) is 0 Å². The highest BCUT2D eigenvalue weighted by atomic mass is 31.2. The van der Waals surface area contributed by atoms with Gasteiger partial charge < -0.3 is 9.79 Å². The zero-order valence-electron chi connectivity index (χ0n) is 16.3. The molecule has 0 heterocycles. The molecule has 0 atom stereocenters. The third-order valence-electron chi connectivity index (χ3n) is 5.02. The molecule has 27 heavy (non-hydrogen) atoms. The summed E-state index contributed by atoms with van der Waals surface area (Å²) in [6.07, 6.45) is 6.02. The van der Waals surface area contributed by atoms with Gasteiger partial charge in [-0.25, -0.2) is 4.57 Å². The van der Waals surface area contributed by atoms with Crippen LogP contribution >= 0.6 is 7.82 Å². The topological polar surface area (TPSA) is 66.8 Å². The Kier molecular flexibility index (Phi) is 8.72. The summed E-state index contributed by atoms with van der Waals surface area (Å²) in [5.74, 6) is 0.408. The van der Waals surface area contributed by atoms with Crippen molar-refractivity contribution in [2.24, 2.45) is 0 Å². The number of unbranched alkanes of at least 4 members (excludes halogenated alkanes) is 4. The lowest BCUT2D eigenvalue weighted by atomic mass is 9.83. The van der Waals surface area contributed by atoms with E-state index in [2.05, 4.69) is 66.9 Å². The van der Waals surface area contributed by atoms with Gasteiger partial charge in [0.2, 0.25) is 0 Å². The second-order valence-electron chi connectivity index (χ2n) is 7.15. The van der Waals surface area contributed by atoms with Gasteiger partial charge >= 0.3 is 7.82 Å². The molecule has 0 saturated carbocycles. The minimum Gasteiger partial charge on any atom is -0.303 e. The van der Waals surface area contributed by atoms with E-state index < -0.39 is 7.82 Å². The van der Waals surface area contributed by atoms with Crippen LogP contribution in [-0.4, -0.2) is 16.4 Å². The van der Waals surface area contributed by atoms with Crippen LogP contribution in [0.2, 0.25) is 0 Å². The summed E-state index contributed by atoms with van der Waals surface area (Å²) in [7, 11) is -4.32. The van der Waals surface area contributed by atoms with E-state index in [0.717, 1.165) is 32.1 Å². The van der Waals surface area contributed by atoms with Gasteiger partial charge in [0, 0.05) is 5.92 Å². The molecule has 2 aromatic rings. The van der Waals surface area contributed by atoms with Crippen molar-refractivity contribution in [1.82, 2.24) is 0 Å². The zero-order valence-corrected chi connectivity index (χ0v) is 17.2. The standard InChI is InChI=1S/C22H31O4P/c1-18-12-7-9-14-20(18)22(21-15-10-8-13-19(21)2)16-6-4-3-5-11-17-26-27(23,24)25/h7-10,12-15,22H,3-6,11,16-17H2,1-2H3,(H2,23,24,25). The van der Waals surface area contributed by atoms with Gasteiger partial charge in [0.15, 0.2) is 0 Å². The lowest BCUT2D eigenvalue weighted by Gasteiger charge is -2.22. The molecule has 0 radical (unpaired) electrons. The monoisotopic (exact) mass is 390 g/mol. The minimum absolute atomic E-state index is 0.124. The van der Waals surface area contributed by atoms with Crippen molar-refractivity contribution in [2.45, 2.75) is 58.3 Å². The molecule has 0 aliphatic rings. The molecule has 148 valence electrons. The number of hydrogen-bond donors (Lipinski definition) is 2. The predicted molar refractivity (Wildman–Crippen MR) is 110 cm³/mol. The first kappa shape index (κ1) is 21.8. The van der Waals surface area contributed by atoms with Crippen molar-refractivity contribution in [3.8, 4) is 0 Å². The predicted octanol–water partition coefficient (Wildman–Crippen LogP) is 5.89. The van der Waals surface area contributed by atoms with Crippen molar-refractivity contribution >= 4 is 7.82 Å². The third kappa shape index (κ3) is 7.59. The van der Waals surface area contributed by atoms with E-state index >= 15 is 0 Å². The molecule has 0 aliphatic carbocycles. The highest BCUT2D eigenvalue weighted by molar-refractivity contribution is 7.46. The van der Waals surface area contributed by atoms with Crippen LogP contribution in [0.3, 0.4) is 0 Å². The molecular formula is C22H31O4P. The Bertz CT molecular complexity index is 708. The zero-order chi connectivity index (χ0) is 19.7. The van der Waals surface area contributed by atoms with Gasteiger partial charge in [-0.15, -0.1) is 0 Å². The molecule has 2 rings (SSSR count). The Morgan fingerprint density at radius 1 is 0.815 bits per heavy atom. The van der Waals surface area contributed by atoms with Crippen LogP contribution in [0, 0.1) is 13.8 Å². The second-order valence-corrected chi connectivity index (χ2v) is 8.39. The average molecular weight is 390 g/mol. The fourth-order valence-corrected chi connectivity index (χ4v) is 3.97. The smallest absolute Gasteiger partial charge is 0.303 e. The van der Waals surface area contributed by atoms with Crippen LogP contribution in [0.5, 0.6) is 0 Å². The maximum atomic E-state index is 10.6. The van der Waals surface area contributed by atoms with E-state index in [1.54, 1.807) is 0 Å². The van der Waals surface area contributed by atoms with Crippen molar-refractivity contribution in [3.05, 3.63) is 70.8 Å². The van der Waals surface area contributed by atoms with Gasteiger partial charge in [-0.1, -0.05) is 74.2 Å². The van der Waals surface area contributed by atoms with Crippen LogP contribution in [0.1, 0.15) is 66.7 Å². The van der Waals surface area contributed by atoms with Crippen LogP contribution < -0.4 is 0 Å². The Hall–Kier alpha value is -1.45. The Labute approximate surface area is 162 Å². The highest BCUT2D eigenvalue weighted by Gasteiger charge is 2.17. The maximum Gasteiger partial charge on any atom is 0.469 e. The fraction of sp³-hybridized carbons (Fsp3) is 0.455. The van der Waals surface area contributed by atoms with Crippen molar-refractivity contribution in [3.63, 3.8) is 0 Å². The van der Waals surface area contributed by atoms with Crippen molar-refractivity contribution in [2.75, 3.05) is 6.61 Å². The van der Waals surface area contributed by atoms with Gasteiger partial charge in [0.25, 0.3) is 0 Å². The molecule has 0 saturated heterocycles. The molecular weight excluding hydrogens is 359 g/mol. The van der Waals surface area contributed by atoms with Crippen molar-refractivity contribution < 1.29 is 18.9 Å². The summed E-state index contributed by atoms with van der Waals surface area (Å²) in [5, 5.41) is 0. The van der Waals surface area contributed by atoms with Gasteiger partial charge in [-0.3, -0.25) is 4.52 Å². The fourth-order valence-electron chi connectivity index (χ4n) is 3.60. The molecule has 2 N–H and O–H groups in total. The lowest BCUT2D eigenvalue weighted by Crippen LogP contribution is -2.05. The number of phosphoric acid groups is 1. The summed E-state index contributed by atoms with van der Waals surface area (Å²) < 4.78 is 15.1. The largest absolute Gasteiger partial charge is 0.469 e. The van der Waals surface area contributed by atoms with Crippen molar-refractivity contribution in [1.29, 1.82) is 0 Å². The van der Waals surface area contributed by atoms with E-state index in [1.165, 1.54) is 22.3 Å². The lowest BCUT2D eigenvalue weighted by molar-refractivity contribution is 0.193. The number of benzene rings is 2. The van der Waals surface area contributed by atoms with E-state index in [4.69, 9.17) is 9.79 Å². The van der Waals surface area contributed by atoms with Crippen LogP contribution in [-0.2, 0) is 9.09 Å². The highest BCUT2D eigenvalue weighted by Crippen LogP contribution is 2.36. The molecule has 0 spiro atoms. The Balaban J connectivity index is 1.88. The first-order valence-electron chi connectivity index (χ1n) is 9.69. The summed E-state index contributed by atoms with van der Waals surface area (Å²) in [6, 6.07) is 17.3. The Morgan fingerprint density at radius 2 is 1.30 bits per heavy atom. The summed E-state index contributed by atoms with van der Waals surface area (Å²) in [5.41, 5.74) is 5.48. The molecule has 0 amide bonds. The molecule has 2 aromatic carbocycles. The summed E-state index contributed by atoms with van der Waals surface area (Å²) >= 11 is 0. The van der Waals surface area contributed by atoms with Gasteiger partial charge in [-0.2, -0.15) is 0 Å². The first-order chi connectivity index (χ1) is 12.9. The van der Waals surface area contributed by atoms with Crippen LogP contribution in [0.15, 0.2) is 48.5 Å². The third-order valence-corrected chi connectivity index (χ3v) is 5.54. The van der Waals surface area contributed by atoms with E-state index in [9.17, 15) is 4.57 Å². The number of aryl methyl sites for hydroxylation is 2. The minimum atomic E-state index is -4.32. The number of phosphoric ester groups is 1. The first-order valence-corrected chi connectivity index (χ1v) is 11.2. The molecule has 0 unspecified atom stereocenters. The normalized spacial score (nSPS) is 11.9. The van der Waals surface area contributed by atoms with E-state index in [0.29, 0.717) is 12.3 Å². The number of rotatable bonds is 11. The molecule has 0 aliphatic heterocycles. The Morgan fingerprint density at radius 3 is 1.81 bits per heavy atom. The van der Waals surface area contributed by atoms with Gasteiger partial charge in [0.05, 0.1) is 6.61 Å². The number of hydrogen-bond acceptors (Lipinski definition) is 2. The molecule has 5 heteroatoms. The van der Waals surface area contributed by atoms with E-state index in [-0.39, 0.29) is 6.61 Å². The quantitative estimate of drug-likeness (QED) is 0.371. The maximum absolute atomic E-state index is 10.6. The van der Waals surface area contributed by atoms with Crippen LogP contribution in [0.25, 0.3) is 0 Å². The molecule has 4 nitrogen and oxygen atoms in total.